The number of hydrogen-bond acceptors (Lipinski definition) is 2. The molecule has 0 atom stereocenters. The molecule has 92 valence electrons. The average Bonchev–Trinajstić information content (AvgIpc) is 2.20. The highest BCUT2D eigenvalue weighted by Crippen LogP contribution is 2.27. The van der Waals surface area contributed by atoms with Gasteiger partial charge in [-0.05, 0) is 25.3 Å². The van der Waals surface area contributed by atoms with E-state index in [2.05, 4.69) is 5.32 Å². The third-order valence-electron chi connectivity index (χ3n) is 3.19. The zero-order valence-corrected chi connectivity index (χ0v) is 10.1. The first-order valence-electron chi connectivity index (χ1n) is 6.22. The van der Waals surface area contributed by atoms with E-state index in [1.165, 1.54) is 6.07 Å². The van der Waals surface area contributed by atoms with Gasteiger partial charge in [0.2, 0.25) is 5.91 Å². The Morgan fingerprint density at radius 2 is 2.24 bits per heavy atom. The fourth-order valence-electron chi connectivity index (χ4n) is 1.94. The van der Waals surface area contributed by atoms with E-state index in [0.29, 0.717) is 6.54 Å². The van der Waals surface area contributed by atoms with Gasteiger partial charge in [-0.15, -0.1) is 0 Å². The van der Waals surface area contributed by atoms with Gasteiger partial charge in [0.05, 0.1) is 5.69 Å². The van der Waals surface area contributed by atoms with E-state index in [0.717, 1.165) is 31.4 Å². The molecule has 0 saturated heterocycles. The van der Waals surface area contributed by atoms with Crippen LogP contribution in [-0.4, -0.2) is 10.5 Å². The molecule has 0 aromatic carbocycles. The lowest BCUT2D eigenvalue weighted by Crippen LogP contribution is -2.29. The molecule has 2 rings (SSSR count). The van der Waals surface area contributed by atoms with Gasteiger partial charge < -0.3 is 9.88 Å². The maximum atomic E-state index is 11.8. The number of nitrogens with zero attached hydrogens (tertiary/aromatic N) is 1. The SMILES string of the molecule is CCCn1cc(NC(=O)C2CCC2)ccc1=O. The van der Waals surface area contributed by atoms with E-state index in [1.54, 1.807) is 16.8 Å². The lowest BCUT2D eigenvalue weighted by molar-refractivity contribution is -0.122. The first kappa shape index (κ1) is 11.9. The van der Waals surface area contributed by atoms with Gasteiger partial charge >= 0.3 is 0 Å². The summed E-state index contributed by atoms with van der Waals surface area (Å²) >= 11 is 0. The fourth-order valence-corrected chi connectivity index (χ4v) is 1.94. The number of aryl methyl sites for hydroxylation is 1. The molecular formula is C13H18N2O2. The first-order valence-corrected chi connectivity index (χ1v) is 6.22. The molecule has 1 amide bonds. The molecule has 0 spiro atoms. The average molecular weight is 234 g/mol. The zero-order valence-electron chi connectivity index (χ0n) is 10.1. The quantitative estimate of drug-likeness (QED) is 0.866. The number of carbonyl (C=O) groups excluding carboxylic acids is 1. The second-order valence-corrected chi connectivity index (χ2v) is 4.57. The van der Waals surface area contributed by atoms with Crippen LogP contribution in [0.5, 0.6) is 0 Å². The van der Waals surface area contributed by atoms with Gasteiger partial charge in [-0.1, -0.05) is 13.3 Å². The number of anilines is 1. The summed E-state index contributed by atoms with van der Waals surface area (Å²) in [5.74, 6) is 0.250. The highest BCUT2D eigenvalue weighted by molar-refractivity contribution is 5.92. The van der Waals surface area contributed by atoms with Crippen molar-refractivity contribution in [1.82, 2.24) is 4.57 Å². The van der Waals surface area contributed by atoms with Crippen LogP contribution in [-0.2, 0) is 11.3 Å². The van der Waals surface area contributed by atoms with E-state index in [1.807, 2.05) is 6.92 Å². The first-order chi connectivity index (χ1) is 8.20. The van der Waals surface area contributed by atoms with Crippen molar-refractivity contribution in [3.63, 3.8) is 0 Å². The molecule has 1 aromatic heterocycles. The molecule has 1 aromatic rings. The van der Waals surface area contributed by atoms with Crippen LogP contribution in [0.1, 0.15) is 32.6 Å². The molecule has 4 nitrogen and oxygen atoms in total. The highest BCUT2D eigenvalue weighted by Gasteiger charge is 2.25. The van der Waals surface area contributed by atoms with Crippen molar-refractivity contribution in [1.29, 1.82) is 0 Å². The largest absolute Gasteiger partial charge is 0.325 e. The van der Waals surface area contributed by atoms with Gasteiger partial charge in [0, 0.05) is 24.7 Å². The molecule has 0 radical (unpaired) electrons. The molecule has 1 aliphatic rings. The summed E-state index contributed by atoms with van der Waals surface area (Å²) in [7, 11) is 0. The van der Waals surface area contributed by atoms with Crippen LogP contribution in [0.15, 0.2) is 23.1 Å². The molecular weight excluding hydrogens is 216 g/mol. The summed E-state index contributed by atoms with van der Waals surface area (Å²) in [6.45, 7) is 2.71. The molecule has 17 heavy (non-hydrogen) atoms. The Kier molecular flexibility index (Phi) is 3.61. The maximum Gasteiger partial charge on any atom is 0.250 e. The molecule has 1 N–H and O–H groups in total. The summed E-state index contributed by atoms with van der Waals surface area (Å²) in [4.78, 5) is 23.2. The Balaban J connectivity index is 2.07. The van der Waals surface area contributed by atoms with E-state index in [-0.39, 0.29) is 17.4 Å². The van der Waals surface area contributed by atoms with Crippen LogP contribution in [0.2, 0.25) is 0 Å². The predicted molar refractivity (Wildman–Crippen MR) is 67.0 cm³/mol. The molecule has 0 unspecified atom stereocenters. The summed E-state index contributed by atoms with van der Waals surface area (Å²) in [6, 6.07) is 3.18. The van der Waals surface area contributed by atoms with Crippen molar-refractivity contribution in [2.24, 2.45) is 5.92 Å². The van der Waals surface area contributed by atoms with Crippen LogP contribution >= 0.6 is 0 Å². The smallest absolute Gasteiger partial charge is 0.250 e. The number of hydrogen-bond donors (Lipinski definition) is 1. The number of nitrogens with one attached hydrogen (secondary N) is 1. The Bertz CT molecular complexity index is 461. The van der Waals surface area contributed by atoms with Crippen molar-refractivity contribution in [3.8, 4) is 0 Å². The minimum Gasteiger partial charge on any atom is -0.325 e. The van der Waals surface area contributed by atoms with Crippen molar-refractivity contribution in [3.05, 3.63) is 28.7 Å². The van der Waals surface area contributed by atoms with Gasteiger partial charge in [-0.2, -0.15) is 0 Å². The van der Waals surface area contributed by atoms with Crippen LogP contribution in [0.4, 0.5) is 5.69 Å². The van der Waals surface area contributed by atoms with E-state index in [9.17, 15) is 9.59 Å². The Morgan fingerprint density at radius 3 is 2.82 bits per heavy atom. The van der Waals surface area contributed by atoms with Crippen molar-refractivity contribution < 1.29 is 4.79 Å². The van der Waals surface area contributed by atoms with Crippen LogP contribution in [0.3, 0.4) is 0 Å². The summed E-state index contributed by atoms with van der Waals surface area (Å²) in [5.41, 5.74) is 0.698. The molecule has 1 fully saturated rings. The van der Waals surface area contributed by atoms with Crippen molar-refractivity contribution in [2.45, 2.75) is 39.2 Å². The summed E-state index contributed by atoms with van der Waals surface area (Å²) in [6.07, 6.45) is 5.75. The van der Waals surface area contributed by atoms with Gasteiger partial charge in [-0.3, -0.25) is 9.59 Å². The molecule has 1 saturated carbocycles. The Hall–Kier alpha value is -1.58. The summed E-state index contributed by atoms with van der Waals surface area (Å²) in [5, 5.41) is 2.87. The van der Waals surface area contributed by atoms with Crippen LogP contribution in [0.25, 0.3) is 0 Å². The third-order valence-corrected chi connectivity index (χ3v) is 3.19. The highest BCUT2D eigenvalue weighted by atomic mass is 16.2. The second-order valence-electron chi connectivity index (χ2n) is 4.57. The zero-order chi connectivity index (χ0) is 12.3. The van der Waals surface area contributed by atoms with Gasteiger partial charge in [0.15, 0.2) is 0 Å². The van der Waals surface area contributed by atoms with E-state index < -0.39 is 0 Å². The maximum absolute atomic E-state index is 11.8. The normalized spacial score (nSPS) is 15.4. The summed E-state index contributed by atoms with van der Waals surface area (Å²) < 4.78 is 1.64. The van der Waals surface area contributed by atoms with Gasteiger partial charge in [0.1, 0.15) is 0 Å². The van der Waals surface area contributed by atoms with E-state index in [4.69, 9.17) is 0 Å². The lowest BCUT2D eigenvalue weighted by Gasteiger charge is -2.24. The van der Waals surface area contributed by atoms with Crippen LogP contribution in [0, 0.1) is 5.92 Å². The standard InChI is InChI=1S/C13H18N2O2/c1-2-8-15-9-11(6-7-12(15)16)14-13(17)10-4-3-5-10/h6-7,9-10H,2-5,8H2,1H3,(H,14,17). The minimum absolute atomic E-state index is 0.0199. The monoisotopic (exact) mass is 234 g/mol. The minimum atomic E-state index is -0.0199. The number of amides is 1. The fraction of sp³-hybridized carbons (Fsp3) is 0.538. The molecule has 0 aliphatic heterocycles. The molecule has 1 heterocycles. The third kappa shape index (κ3) is 2.75. The second kappa shape index (κ2) is 5.17. The number of rotatable bonds is 4. The number of aromatic nitrogens is 1. The van der Waals surface area contributed by atoms with Gasteiger partial charge in [0.25, 0.3) is 5.56 Å². The lowest BCUT2D eigenvalue weighted by atomic mass is 9.85. The Labute approximate surface area is 101 Å². The molecule has 4 heteroatoms. The van der Waals surface area contributed by atoms with Crippen LogP contribution < -0.4 is 10.9 Å². The number of carbonyl (C=O) groups is 1. The predicted octanol–water partition coefficient (Wildman–Crippen LogP) is 2.00. The Morgan fingerprint density at radius 1 is 1.47 bits per heavy atom. The van der Waals surface area contributed by atoms with Crippen molar-refractivity contribution in [2.75, 3.05) is 5.32 Å². The molecule has 0 bridgehead atoms. The van der Waals surface area contributed by atoms with Crippen molar-refractivity contribution >= 4 is 11.6 Å². The van der Waals surface area contributed by atoms with E-state index >= 15 is 0 Å². The van der Waals surface area contributed by atoms with Gasteiger partial charge in [-0.25, -0.2) is 0 Å². The molecule has 1 aliphatic carbocycles. The number of pyridine rings is 1. The topological polar surface area (TPSA) is 51.1 Å².